The zero-order valence-electron chi connectivity index (χ0n) is 19.5. The Balaban J connectivity index is 1.73. The molecule has 0 aliphatic carbocycles. The number of methoxy groups -OCH3 is 1. The number of amides is 2. The highest BCUT2D eigenvalue weighted by Crippen LogP contribution is 2.26. The summed E-state index contributed by atoms with van der Waals surface area (Å²) in [6, 6.07) is 19.4. The Bertz CT molecular complexity index is 1310. The average Bonchev–Trinajstić information content (AvgIpc) is 2.84. The van der Waals surface area contributed by atoms with Crippen LogP contribution in [-0.4, -0.2) is 25.5 Å². The van der Waals surface area contributed by atoms with E-state index in [0.29, 0.717) is 28.4 Å². The van der Waals surface area contributed by atoms with Gasteiger partial charge in [0.25, 0.3) is 11.8 Å². The van der Waals surface area contributed by atoms with Gasteiger partial charge in [-0.1, -0.05) is 22.0 Å². The predicted octanol–water partition coefficient (Wildman–Crippen LogP) is 5.64. The summed E-state index contributed by atoms with van der Waals surface area (Å²) in [5.74, 6) is 0.102. The number of anilines is 2. The SMILES string of the molecule is COc1ccc(NC(=O)/C(C#N)=C\c2cc(Br)ccc2OCC(=O)Nc2ccc(C)c(C)c2)cc1. The maximum atomic E-state index is 12.7. The Labute approximate surface area is 212 Å². The van der Waals surface area contributed by atoms with Crippen molar-refractivity contribution in [2.24, 2.45) is 0 Å². The Morgan fingerprint density at radius 2 is 1.69 bits per heavy atom. The topological polar surface area (TPSA) is 100 Å². The van der Waals surface area contributed by atoms with Gasteiger partial charge in [0.2, 0.25) is 0 Å². The predicted molar refractivity (Wildman–Crippen MR) is 139 cm³/mol. The van der Waals surface area contributed by atoms with E-state index >= 15 is 0 Å². The first kappa shape index (κ1) is 25.5. The van der Waals surface area contributed by atoms with Gasteiger partial charge in [0.05, 0.1) is 7.11 Å². The van der Waals surface area contributed by atoms with Crippen molar-refractivity contribution < 1.29 is 19.1 Å². The molecule has 0 aliphatic rings. The number of halogens is 1. The van der Waals surface area contributed by atoms with Crippen LogP contribution in [0.1, 0.15) is 16.7 Å². The van der Waals surface area contributed by atoms with Gasteiger partial charge >= 0.3 is 0 Å². The number of nitrogens with zero attached hydrogens (tertiary/aromatic N) is 1. The van der Waals surface area contributed by atoms with Crippen LogP contribution in [0.5, 0.6) is 11.5 Å². The molecule has 3 aromatic carbocycles. The number of hydrogen-bond donors (Lipinski definition) is 2. The van der Waals surface area contributed by atoms with Crippen LogP contribution in [-0.2, 0) is 9.59 Å². The van der Waals surface area contributed by atoms with E-state index in [1.165, 1.54) is 6.08 Å². The smallest absolute Gasteiger partial charge is 0.266 e. The van der Waals surface area contributed by atoms with Gasteiger partial charge in [0, 0.05) is 21.4 Å². The second-order valence-corrected chi connectivity index (χ2v) is 8.59. The highest BCUT2D eigenvalue weighted by molar-refractivity contribution is 9.10. The van der Waals surface area contributed by atoms with E-state index in [9.17, 15) is 14.9 Å². The average molecular weight is 534 g/mol. The van der Waals surface area contributed by atoms with E-state index in [1.54, 1.807) is 49.6 Å². The van der Waals surface area contributed by atoms with Gasteiger partial charge in [-0.05, 0) is 85.6 Å². The molecule has 0 aliphatic heterocycles. The molecule has 3 aromatic rings. The molecular weight excluding hydrogens is 510 g/mol. The van der Waals surface area contributed by atoms with Crippen molar-refractivity contribution >= 4 is 45.2 Å². The van der Waals surface area contributed by atoms with E-state index in [0.717, 1.165) is 15.6 Å². The molecule has 0 aromatic heterocycles. The van der Waals surface area contributed by atoms with Gasteiger partial charge in [0.15, 0.2) is 6.61 Å². The number of benzene rings is 3. The van der Waals surface area contributed by atoms with E-state index in [2.05, 4.69) is 26.6 Å². The van der Waals surface area contributed by atoms with Crippen LogP contribution < -0.4 is 20.1 Å². The Morgan fingerprint density at radius 3 is 2.34 bits per heavy atom. The molecule has 0 fully saturated rings. The lowest BCUT2D eigenvalue weighted by molar-refractivity contribution is -0.118. The van der Waals surface area contributed by atoms with Crippen LogP contribution in [0.3, 0.4) is 0 Å². The molecule has 0 saturated heterocycles. The highest BCUT2D eigenvalue weighted by Gasteiger charge is 2.13. The van der Waals surface area contributed by atoms with Gasteiger partial charge in [-0.2, -0.15) is 5.26 Å². The molecule has 3 rings (SSSR count). The number of aryl methyl sites for hydroxylation is 2. The molecule has 178 valence electrons. The van der Waals surface area contributed by atoms with E-state index in [-0.39, 0.29) is 18.1 Å². The second kappa shape index (κ2) is 11.9. The molecule has 0 saturated carbocycles. The summed E-state index contributed by atoms with van der Waals surface area (Å²) in [7, 11) is 1.55. The molecule has 8 heteroatoms. The molecule has 0 heterocycles. The van der Waals surface area contributed by atoms with Crippen molar-refractivity contribution in [3.05, 3.63) is 87.4 Å². The second-order valence-electron chi connectivity index (χ2n) is 7.67. The van der Waals surface area contributed by atoms with Gasteiger partial charge in [-0.15, -0.1) is 0 Å². The summed E-state index contributed by atoms with van der Waals surface area (Å²) in [5.41, 5.74) is 3.75. The number of ether oxygens (including phenoxy) is 2. The molecule has 0 radical (unpaired) electrons. The fraction of sp³-hybridized carbons (Fsp3) is 0.148. The number of nitrogens with one attached hydrogen (secondary N) is 2. The summed E-state index contributed by atoms with van der Waals surface area (Å²) >= 11 is 3.39. The molecule has 35 heavy (non-hydrogen) atoms. The maximum Gasteiger partial charge on any atom is 0.266 e. The number of carbonyl (C=O) groups excluding carboxylic acids is 2. The number of hydrogen-bond acceptors (Lipinski definition) is 5. The lowest BCUT2D eigenvalue weighted by atomic mass is 10.1. The summed E-state index contributed by atoms with van der Waals surface area (Å²) in [6.45, 7) is 3.73. The molecule has 0 bridgehead atoms. The normalized spacial score (nSPS) is 10.8. The summed E-state index contributed by atoms with van der Waals surface area (Å²) in [4.78, 5) is 25.1. The minimum absolute atomic E-state index is 0.122. The first-order chi connectivity index (χ1) is 16.8. The Morgan fingerprint density at radius 1 is 0.971 bits per heavy atom. The fourth-order valence-corrected chi connectivity index (χ4v) is 3.48. The van der Waals surface area contributed by atoms with Crippen LogP contribution in [0.15, 0.2) is 70.7 Å². The van der Waals surface area contributed by atoms with E-state index in [4.69, 9.17) is 9.47 Å². The van der Waals surface area contributed by atoms with Gasteiger partial charge in [0.1, 0.15) is 23.1 Å². The minimum atomic E-state index is -0.573. The van der Waals surface area contributed by atoms with E-state index in [1.807, 2.05) is 38.1 Å². The number of rotatable bonds is 8. The van der Waals surface area contributed by atoms with Crippen molar-refractivity contribution in [3.63, 3.8) is 0 Å². The lowest BCUT2D eigenvalue weighted by Crippen LogP contribution is -2.20. The van der Waals surface area contributed by atoms with Crippen LogP contribution in [0, 0.1) is 25.2 Å². The van der Waals surface area contributed by atoms with Crippen LogP contribution in [0.2, 0.25) is 0 Å². The van der Waals surface area contributed by atoms with Crippen LogP contribution >= 0.6 is 15.9 Å². The molecular formula is C27H24BrN3O4. The molecule has 0 atom stereocenters. The quantitative estimate of drug-likeness (QED) is 0.288. The standard InChI is InChI=1S/C27H24BrN3O4/c1-17-4-6-23(12-18(17)2)30-26(32)16-35-25-11-5-21(28)14-19(25)13-20(15-29)27(33)31-22-7-9-24(34-3)10-8-22/h4-14H,16H2,1-3H3,(H,30,32)(H,31,33)/b20-13-. The van der Waals surface area contributed by atoms with Crippen LogP contribution in [0.4, 0.5) is 11.4 Å². The lowest BCUT2D eigenvalue weighted by Gasteiger charge is -2.12. The summed E-state index contributed by atoms with van der Waals surface area (Å²) < 4.78 is 11.5. The minimum Gasteiger partial charge on any atom is -0.497 e. The Kier molecular flexibility index (Phi) is 8.65. The fourth-order valence-electron chi connectivity index (χ4n) is 3.10. The van der Waals surface area contributed by atoms with E-state index < -0.39 is 5.91 Å². The van der Waals surface area contributed by atoms with Crippen LogP contribution in [0.25, 0.3) is 6.08 Å². The summed E-state index contributed by atoms with van der Waals surface area (Å²) in [5, 5.41) is 15.1. The van der Waals surface area contributed by atoms with Gasteiger partial charge in [-0.25, -0.2) is 0 Å². The van der Waals surface area contributed by atoms with Crippen molar-refractivity contribution in [1.82, 2.24) is 0 Å². The number of nitriles is 1. The first-order valence-corrected chi connectivity index (χ1v) is 11.4. The monoisotopic (exact) mass is 533 g/mol. The molecule has 0 unspecified atom stereocenters. The van der Waals surface area contributed by atoms with Gasteiger partial charge < -0.3 is 20.1 Å². The van der Waals surface area contributed by atoms with Crippen molar-refractivity contribution in [1.29, 1.82) is 5.26 Å². The van der Waals surface area contributed by atoms with Crippen molar-refractivity contribution in [3.8, 4) is 17.6 Å². The molecule has 2 amide bonds. The Hall–Kier alpha value is -4.09. The zero-order chi connectivity index (χ0) is 25.4. The largest absolute Gasteiger partial charge is 0.497 e. The number of carbonyl (C=O) groups is 2. The molecule has 2 N–H and O–H groups in total. The summed E-state index contributed by atoms with van der Waals surface area (Å²) in [6.07, 6.45) is 1.42. The highest BCUT2D eigenvalue weighted by atomic mass is 79.9. The van der Waals surface area contributed by atoms with Crippen molar-refractivity contribution in [2.75, 3.05) is 24.4 Å². The van der Waals surface area contributed by atoms with Crippen molar-refractivity contribution in [2.45, 2.75) is 13.8 Å². The molecule has 0 spiro atoms. The zero-order valence-corrected chi connectivity index (χ0v) is 21.1. The first-order valence-electron chi connectivity index (χ1n) is 10.7. The maximum absolute atomic E-state index is 12.7. The molecule has 7 nitrogen and oxygen atoms in total. The van der Waals surface area contributed by atoms with Gasteiger partial charge in [-0.3, -0.25) is 9.59 Å². The third-order valence-corrected chi connectivity index (χ3v) is 5.63. The third kappa shape index (κ3) is 7.19. The third-order valence-electron chi connectivity index (χ3n) is 5.13.